The van der Waals surface area contributed by atoms with Crippen molar-refractivity contribution in [3.63, 3.8) is 0 Å². The average Bonchev–Trinajstić information content (AvgIpc) is 3.43. The first-order valence-corrected chi connectivity index (χ1v) is 11.3. The lowest BCUT2D eigenvalue weighted by Gasteiger charge is -2.35. The van der Waals surface area contributed by atoms with E-state index < -0.39 is 54.3 Å². The lowest BCUT2D eigenvalue weighted by atomic mass is 9.97. The van der Waals surface area contributed by atoms with E-state index in [9.17, 15) is 14.4 Å². The van der Waals surface area contributed by atoms with E-state index in [1.165, 1.54) is 6.20 Å². The second-order valence-electron chi connectivity index (χ2n) is 8.52. The van der Waals surface area contributed by atoms with Gasteiger partial charge in [-0.2, -0.15) is 0 Å². The van der Waals surface area contributed by atoms with Gasteiger partial charge in [0.1, 0.15) is 24.9 Å². The fraction of sp³-hybridized carbons (Fsp3) is 0.542. The fourth-order valence-corrected chi connectivity index (χ4v) is 4.44. The summed E-state index contributed by atoms with van der Waals surface area (Å²) in [6.07, 6.45) is -0.660. The van der Waals surface area contributed by atoms with Crippen LogP contribution in [-0.2, 0) is 38.0 Å². The molecule has 3 saturated heterocycles. The molecule has 1 aromatic rings. The number of benzene rings is 1. The van der Waals surface area contributed by atoms with Gasteiger partial charge >= 0.3 is 17.9 Å². The molecule has 4 rings (SSSR count). The Morgan fingerprint density at radius 1 is 0.941 bits per heavy atom. The second kappa shape index (κ2) is 9.73. The van der Waals surface area contributed by atoms with Crippen molar-refractivity contribution >= 4 is 17.9 Å². The van der Waals surface area contributed by atoms with Gasteiger partial charge in [-0.25, -0.2) is 14.4 Å². The van der Waals surface area contributed by atoms with Crippen molar-refractivity contribution < 1.29 is 42.8 Å². The Labute approximate surface area is 197 Å². The molecule has 0 saturated carbocycles. The predicted molar refractivity (Wildman–Crippen MR) is 116 cm³/mol. The number of hydrogen-bond donors (Lipinski definition) is 0. The summed E-state index contributed by atoms with van der Waals surface area (Å²) in [6.45, 7) is 7.01. The van der Waals surface area contributed by atoms with Crippen LogP contribution in [0.15, 0.2) is 42.1 Å². The second-order valence-corrected chi connectivity index (χ2v) is 8.52. The zero-order valence-electron chi connectivity index (χ0n) is 19.6. The lowest BCUT2D eigenvalue weighted by Crippen LogP contribution is -2.54. The maximum absolute atomic E-state index is 12.6. The van der Waals surface area contributed by atoms with Crippen LogP contribution < -0.4 is 0 Å². The first kappa shape index (κ1) is 24.2. The van der Waals surface area contributed by atoms with Gasteiger partial charge < -0.3 is 33.3 Å². The predicted octanol–water partition coefficient (Wildman–Crippen LogP) is 1.78. The van der Waals surface area contributed by atoms with Gasteiger partial charge in [-0.3, -0.25) is 0 Å². The molecule has 0 aromatic heterocycles. The third-order valence-corrected chi connectivity index (χ3v) is 5.78. The molecule has 3 aliphatic heterocycles. The molecule has 0 unspecified atom stereocenters. The highest BCUT2D eigenvalue weighted by Crippen LogP contribution is 2.47. The van der Waals surface area contributed by atoms with E-state index in [1.807, 2.05) is 0 Å². The smallest absolute Gasteiger partial charge is 0.347 e. The lowest BCUT2D eigenvalue weighted by molar-refractivity contribution is -0.181. The summed E-state index contributed by atoms with van der Waals surface area (Å²) < 4.78 is 33.9. The van der Waals surface area contributed by atoms with E-state index in [1.54, 1.807) is 62.9 Å². The molecule has 0 spiro atoms. The van der Waals surface area contributed by atoms with Gasteiger partial charge in [-0.05, 0) is 39.8 Å². The van der Waals surface area contributed by atoms with Crippen molar-refractivity contribution in [1.29, 1.82) is 0 Å². The van der Waals surface area contributed by atoms with Crippen molar-refractivity contribution in [2.75, 3.05) is 19.8 Å². The van der Waals surface area contributed by atoms with Crippen LogP contribution in [0, 0.1) is 0 Å². The van der Waals surface area contributed by atoms with Crippen LogP contribution in [0.25, 0.3) is 0 Å². The van der Waals surface area contributed by atoms with Crippen LogP contribution >= 0.6 is 0 Å². The first-order chi connectivity index (χ1) is 16.3. The third kappa shape index (κ3) is 4.66. The Kier molecular flexibility index (Phi) is 6.92. The Morgan fingerprint density at radius 2 is 1.56 bits per heavy atom. The van der Waals surface area contributed by atoms with Crippen molar-refractivity contribution in [2.24, 2.45) is 0 Å². The first-order valence-electron chi connectivity index (χ1n) is 11.3. The molecule has 10 heteroatoms. The molecule has 34 heavy (non-hydrogen) atoms. The zero-order chi connectivity index (χ0) is 24.5. The molecule has 3 fully saturated rings. The van der Waals surface area contributed by atoms with Crippen LogP contribution in [0.3, 0.4) is 0 Å². The van der Waals surface area contributed by atoms with Gasteiger partial charge in [0.2, 0.25) is 0 Å². The number of hydrogen-bond acceptors (Lipinski definition) is 10. The Balaban J connectivity index is 1.61. The number of nitrogens with zero attached hydrogens (tertiary/aromatic N) is 1. The molecule has 1 aromatic carbocycles. The highest BCUT2D eigenvalue weighted by molar-refractivity contribution is 6.14. The quantitative estimate of drug-likeness (QED) is 0.181. The minimum atomic E-state index is -0.828. The molecular formula is C24H29NO9. The fourth-order valence-electron chi connectivity index (χ4n) is 4.44. The number of likely N-dealkylation sites (tertiary alicyclic amines) is 1. The standard InChI is InChI=1S/C24H29NO9/c1-5-29-22(27)15(23(28)30-6-2)12-25-16(13-31-21(26)14-10-8-7-9-11-14)17-18-19(20(25)32-17)34-24(3,4)33-18/h7-12,16-20H,5-6,13H2,1-4H3/t16-,17+,18-,19-,20+/m0/s1. The molecule has 3 aliphatic rings. The Bertz CT molecular complexity index is 940. The van der Waals surface area contributed by atoms with Crippen molar-refractivity contribution in [2.45, 2.75) is 64.1 Å². The van der Waals surface area contributed by atoms with Crippen molar-refractivity contribution in [1.82, 2.24) is 4.90 Å². The van der Waals surface area contributed by atoms with E-state index in [0.717, 1.165) is 0 Å². The van der Waals surface area contributed by atoms with E-state index in [-0.39, 0.29) is 25.4 Å². The number of ether oxygens (including phenoxy) is 6. The minimum absolute atomic E-state index is 0.0582. The topological polar surface area (TPSA) is 110 Å². The highest BCUT2D eigenvalue weighted by atomic mass is 16.8. The number of fused-ring (bicyclic) bond motifs is 5. The summed E-state index contributed by atoms with van der Waals surface area (Å²) in [5.74, 6) is -2.96. The Morgan fingerprint density at radius 3 is 2.18 bits per heavy atom. The molecule has 5 atom stereocenters. The van der Waals surface area contributed by atoms with Crippen LogP contribution in [0.2, 0.25) is 0 Å². The maximum atomic E-state index is 12.6. The van der Waals surface area contributed by atoms with Crippen LogP contribution in [0.4, 0.5) is 0 Å². The van der Waals surface area contributed by atoms with Crippen LogP contribution in [0.1, 0.15) is 38.1 Å². The molecule has 0 N–H and O–H groups in total. The number of carbonyl (C=O) groups is 3. The molecular weight excluding hydrogens is 446 g/mol. The van der Waals surface area contributed by atoms with Gasteiger partial charge in [-0.1, -0.05) is 18.2 Å². The van der Waals surface area contributed by atoms with E-state index in [2.05, 4.69) is 0 Å². The van der Waals surface area contributed by atoms with Crippen LogP contribution in [-0.4, -0.2) is 79.0 Å². The molecule has 0 aliphatic carbocycles. The third-order valence-electron chi connectivity index (χ3n) is 5.78. The molecule has 0 amide bonds. The maximum Gasteiger partial charge on any atom is 0.347 e. The number of esters is 3. The van der Waals surface area contributed by atoms with Gasteiger partial charge in [-0.15, -0.1) is 0 Å². The monoisotopic (exact) mass is 475 g/mol. The van der Waals surface area contributed by atoms with E-state index in [0.29, 0.717) is 5.56 Å². The Hall–Kier alpha value is -2.95. The van der Waals surface area contributed by atoms with Gasteiger partial charge in [0.25, 0.3) is 0 Å². The van der Waals surface area contributed by atoms with E-state index in [4.69, 9.17) is 28.4 Å². The SMILES string of the molecule is CCOC(=O)C(=CN1[C@@H]2O[C@@H]([C@@H]3OC(C)(C)O[C@@H]32)[C@@H]1COC(=O)c1ccccc1)C(=O)OCC. The summed E-state index contributed by atoms with van der Waals surface area (Å²) in [6, 6.07) is 8.07. The molecule has 0 radical (unpaired) electrons. The van der Waals surface area contributed by atoms with E-state index >= 15 is 0 Å². The highest BCUT2D eigenvalue weighted by Gasteiger charge is 2.65. The van der Waals surface area contributed by atoms with Gasteiger partial charge in [0.15, 0.2) is 17.6 Å². The largest absolute Gasteiger partial charge is 0.462 e. The molecule has 184 valence electrons. The summed E-state index contributed by atoms with van der Waals surface area (Å²) in [7, 11) is 0. The van der Waals surface area contributed by atoms with Crippen molar-refractivity contribution in [3.05, 3.63) is 47.7 Å². The van der Waals surface area contributed by atoms with Crippen molar-refractivity contribution in [3.8, 4) is 0 Å². The summed E-state index contributed by atoms with van der Waals surface area (Å²) in [5.41, 5.74) is 0.126. The van der Waals surface area contributed by atoms with Crippen LogP contribution in [0.5, 0.6) is 0 Å². The summed E-state index contributed by atoms with van der Waals surface area (Å²) >= 11 is 0. The van der Waals surface area contributed by atoms with Gasteiger partial charge in [0, 0.05) is 6.20 Å². The van der Waals surface area contributed by atoms with Gasteiger partial charge in [0.05, 0.1) is 24.8 Å². The number of rotatable bonds is 8. The molecule has 10 nitrogen and oxygen atoms in total. The number of carbonyl (C=O) groups excluding carboxylic acids is 3. The average molecular weight is 475 g/mol. The molecule has 3 heterocycles. The summed E-state index contributed by atoms with van der Waals surface area (Å²) in [4.78, 5) is 39.3. The normalized spacial score (nSPS) is 28.2. The minimum Gasteiger partial charge on any atom is -0.462 e. The zero-order valence-corrected chi connectivity index (χ0v) is 19.6. The number of piperidine rings is 1. The molecule has 2 bridgehead atoms. The summed E-state index contributed by atoms with van der Waals surface area (Å²) in [5, 5.41) is 0.